The summed E-state index contributed by atoms with van der Waals surface area (Å²) in [7, 11) is 0. The Bertz CT molecular complexity index is 1460. The Morgan fingerprint density at radius 3 is 2.05 bits per heavy atom. The van der Waals surface area contributed by atoms with E-state index in [1.807, 2.05) is 42.5 Å². The average Bonchev–Trinajstić information content (AvgIpc) is 2.97. The second-order valence-corrected chi connectivity index (χ2v) is 10.9. The summed E-state index contributed by atoms with van der Waals surface area (Å²) in [6.07, 6.45) is 2.33. The van der Waals surface area contributed by atoms with Crippen molar-refractivity contribution in [3.63, 3.8) is 0 Å². The number of aliphatic hydroxyl groups excluding tert-OH is 1. The minimum Gasteiger partial charge on any atom is -0.394 e. The normalized spacial score (nSPS) is 16.5. The number of carbonyl (C=O) groups excluding carboxylic acids is 2. The van der Waals surface area contributed by atoms with E-state index in [9.17, 15) is 14.7 Å². The first kappa shape index (κ1) is 26.9. The first-order valence-corrected chi connectivity index (χ1v) is 13.8. The van der Waals surface area contributed by atoms with Crippen LogP contribution in [0.5, 0.6) is 0 Å². The van der Waals surface area contributed by atoms with Crippen molar-refractivity contribution in [1.82, 2.24) is 16.0 Å². The van der Waals surface area contributed by atoms with E-state index in [4.69, 9.17) is 0 Å². The second kappa shape index (κ2) is 12.0. The summed E-state index contributed by atoms with van der Waals surface area (Å²) in [6.45, 7) is 3.18. The zero-order valence-electron chi connectivity index (χ0n) is 22.5. The highest BCUT2D eigenvalue weighted by molar-refractivity contribution is 5.93. The Labute approximate surface area is 229 Å². The smallest absolute Gasteiger partial charge is 0.246 e. The van der Waals surface area contributed by atoms with Gasteiger partial charge in [0.05, 0.1) is 12.6 Å². The number of hydrogen-bond acceptors (Lipinski definition) is 4. The maximum Gasteiger partial charge on any atom is 0.246 e. The van der Waals surface area contributed by atoms with Gasteiger partial charge in [0.1, 0.15) is 5.54 Å². The van der Waals surface area contributed by atoms with Crippen molar-refractivity contribution >= 4 is 33.4 Å². The Hall–Kier alpha value is -3.74. The van der Waals surface area contributed by atoms with E-state index in [1.54, 1.807) is 6.92 Å². The molecule has 2 unspecified atom stereocenters. The topological polar surface area (TPSA) is 90.5 Å². The average molecular weight is 524 g/mol. The Balaban J connectivity index is 1.37. The molecule has 0 bridgehead atoms. The molecule has 6 heteroatoms. The van der Waals surface area contributed by atoms with Crippen molar-refractivity contribution in [2.75, 3.05) is 19.7 Å². The van der Waals surface area contributed by atoms with E-state index in [0.717, 1.165) is 58.6 Å². The molecule has 0 spiro atoms. The molecular formula is C33H37N3O3. The fourth-order valence-electron chi connectivity index (χ4n) is 5.55. The van der Waals surface area contributed by atoms with E-state index in [-0.39, 0.29) is 24.3 Å². The van der Waals surface area contributed by atoms with Crippen LogP contribution in [0.4, 0.5) is 0 Å². The van der Waals surface area contributed by atoms with Gasteiger partial charge in [-0.2, -0.15) is 0 Å². The van der Waals surface area contributed by atoms with Gasteiger partial charge in [-0.15, -0.1) is 0 Å². The van der Waals surface area contributed by atoms with E-state index >= 15 is 0 Å². The summed E-state index contributed by atoms with van der Waals surface area (Å²) in [5.74, 6) is -0.510. The number of amides is 2. The molecule has 1 aliphatic heterocycles. The molecule has 2 amide bonds. The summed E-state index contributed by atoms with van der Waals surface area (Å²) in [4.78, 5) is 27.2. The van der Waals surface area contributed by atoms with Crippen molar-refractivity contribution in [2.45, 2.75) is 44.2 Å². The molecule has 4 aromatic rings. The minimum atomic E-state index is -1.18. The van der Waals surface area contributed by atoms with Crippen molar-refractivity contribution in [3.05, 3.63) is 96.1 Å². The fourth-order valence-corrected chi connectivity index (χ4v) is 5.55. The van der Waals surface area contributed by atoms with Gasteiger partial charge in [-0.1, -0.05) is 84.9 Å². The molecule has 39 heavy (non-hydrogen) atoms. The third-order valence-electron chi connectivity index (χ3n) is 7.83. The van der Waals surface area contributed by atoms with Crippen LogP contribution in [0.2, 0.25) is 0 Å². The largest absolute Gasteiger partial charge is 0.394 e. The fraction of sp³-hybridized carbons (Fsp3) is 0.333. The number of hydrogen-bond donors (Lipinski definition) is 4. The predicted molar refractivity (Wildman–Crippen MR) is 156 cm³/mol. The van der Waals surface area contributed by atoms with Crippen LogP contribution in [0.25, 0.3) is 21.5 Å². The monoisotopic (exact) mass is 523 g/mol. The van der Waals surface area contributed by atoms with Crippen molar-refractivity contribution in [3.8, 4) is 0 Å². The number of benzene rings is 4. The molecule has 202 valence electrons. The molecule has 0 saturated carbocycles. The van der Waals surface area contributed by atoms with E-state index in [2.05, 4.69) is 58.4 Å². The Morgan fingerprint density at radius 1 is 0.872 bits per heavy atom. The highest BCUT2D eigenvalue weighted by Gasteiger charge is 2.38. The van der Waals surface area contributed by atoms with Crippen LogP contribution in [0.1, 0.15) is 30.9 Å². The SMILES string of the molecule is CC(Cc1ccc2ccccc2c1)(NC(=O)C1CCNCC1)C(=O)NC(CO)Cc1ccc2ccccc2c1. The third-order valence-corrected chi connectivity index (χ3v) is 7.83. The summed E-state index contributed by atoms with van der Waals surface area (Å²) in [5.41, 5.74) is 0.816. The number of rotatable bonds is 9. The molecule has 0 radical (unpaired) electrons. The number of piperidine rings is 1. The summed E-state index contributed by atoms with van der Waals surface area (Å²) in [5, 5.41) is 24.1. The lowest BCUT2D eigenvalue weighted by molar-refractivity contribution is -0.135. The van der Waals surface area contributed by atoms with Crippen LogP contribution in [0.3, 0.4) is 0 Å². The lowest BCUT2D eigenvalue weighted by Gasteiger charge is -2.34. The van der Waals surface area contributed by atoms with Crippen molar-refractivity contribution in [2.24, 2.45) is 5.92 Å². The second-order valence-electron chi connectivity index (χ2n) is 10.9. The number of nitrogens with one attached hydrogen (secondary N) is 3. The molecule has 1 heterocycles. The Morgan fingerprint density at radius 2 is 1.44 bits per heavy atom. The van der Waals surface area contributed by atoms with Crippen LogP contribution in [0, 0.1) is 5.92 Å². The Kier molecular flexibility index (Phi) is 8.24. The maximum absolute atomic E-state index is 13.9. The highest BCUT2D eigenvalue weighted by Crippen LogP contribution is 2.23. The summed E-state index contributed by atoms with van der Waals surface area (Å²) in [6, 6.07) is 28.1. The van der Waals surface area contributed by atoms with Gasteiger partial charge in [0.25, 0.3) is 0 Å². The van der Waals surface area contributed by atoms with Crippen LogP contribution in [0.15, 0.2) is 84.9 Å². The van der Waals surface area contributed by atoms with Crippen LogP contribution >= 0.6 is 0 Å². The van der Waals surface area contributed by atoms with Gasteiger partial charge in [-0.25, -0.2) is 0 Å². The lowest BCUT2D eigenvalue weighted by Crippen LogP contribution is -2.61. The summed E-state index contributed by atoms with van der Waals surface area (Å²) < 4.78 is 0. The molecule has 1 fully saturated rings. The molecule has 5 rings (SSSR count). The number of aliphatic hydroxyl groups is 1. The molecular weight excluding hydrogens is 486 g/mol. The van der Waals surface area contributed by atoms with Gasteiger partial charge in [-0.3, -0.25) is 9.59 Å². The highest BCUT2D eigenvalue weighted by atomic mass is 16.3. The summed E-state index contributed by atoms with van der Waals surface area (Å²) >= 11 is 0. The number of carbonyl (C=O) groups is 2. The van der Waals surface area contributed by atoms with Gasteiger partial charge in [0.2, 0.25) is 11.8 Å². The van der Waals surface area contributed by atoms with Gasteiger partial charge in [0, 0.05) is 12.3 Å². The maximum atomic E-state index is 13.9. The van der Waals surface area contributed by atoms with E-state index in [0.29, 0.717) is 12.8 Å². The van der Waals surface area contributed by atoms with Gasteiger partial charge in [-0.05, 0) is 71.9 Å². The molecule has 1 aliphatic rings. The van der Waals surface area contributed by atoms with Crippen molar-refractivity contribution in [1.29, 1.82) is 0 Å². The molecule has 1 saturated heterocycles. The van der Waals surface area contributed by atoms with E-state index < -0.39 is 11.6 Å². The van der Waals surface area contributed by atoms with Gasteiger partial charge < -0.3 is 21.1 Å². The molecule has 2 atom stereocenters. The molecule has 6 nitrogen and oxygen atoms in total. The quantitative estimate of drug-likeness (QED) is 0.266. The standard InChI is InChI=1S/C33H37N3O3/c1-33(36-31(38)27-14-16-34-17-15-27,21-24-11-13-26-7-3-5-9-29(26)19-24)32(39)35-30(22-37)20-23-10-12-25-6-2-4-8-28(25)18-23/h2-13,18-19,27,30,34,37H,14-17,20-22H2,1H3,(H,35,39)(H,36,38). The van der Waals surface area contributed by atoms with E-state index in [1.165, 1.54) is 0 Å². The molecule has 0 aromatic heterocycles. The number of fused-ring (bicyclic) bond motifs is 2. The first-order chi connectivity index (χ1) is 18.9. The lowest BCUT2D eigenvalue weighted by atomic mass is 9.88. The predicted octanol–water partition coefficient (Wildman–Crippen LogP) is 4.13. The van der Waals surface area contributed by atoms with Crippen LogP contribution < -0.4 is 16.0 Å². The van der Waals surface area contributed by atoms with Crippen LogP contribution in [-0.2, 0) is 22.4 Å². The first-order valence-electron chi connectivity index (χ1n) is 13.8. The third kappa shape index (κ3) is 6.47. The van der Waals surface area contributed by atoms with Gasteiger partial charge in [0.15, 0.2) is 0 Å². The minimum absolute atomic E-state index is 0.0926. The zero-order valence-corrected chi connectivity index (χ0v) is 22.5. The molecule has 0 aliphatic carbocycles. The van der Waals surface area contributed by atoms with Crippen molar-refractivity contribution < 1.29 is 14.7 Å². The van der Waals surface area contributed by atoms with Gasteiger partial charge >= 0.3 is 0 Å². The molecule has 4 aromatic carbocycles. The zero-order chi connectivity index (χ0) is 27.2. The molecule has 4 N–H and O–H groups in total. The van der Waals surface area contributed by atoms with Crippen LogP contribution in [-0.4, -0.2) is 48.2 Å².